The van der Waals surface area contributed by atoms with Gasteiger partial charge in [-0.25, -0.2) is 4.39 Å². The third-order valence-electron chi connectivity index (χ3n) is 2.34. The van der Waals surface area contributed by atoms with Crippen molar-refractivity contribution in [2.24, 2.45) is 0 Å². The summed E-state index contributed by atoms with van der Waals surface area (Å²) in [7, 11) is 0. The highest BCUT2D eigenvalue weighted by atomic mass is 35.5. The number of hydrogen-bond donors (Lipinski definition) is 1. The smallest absolute Gasteiger partial charge is 0.123 e. The van der Waals surface area contributed by atoms with Crippen molar-refractivity contribution in [1.82, 2.24) is 5.32 Å². The van der Waals surface area contributed by atoms with E-state index in [4.69, 9.17) is 11.6 Å². The van der Waals surface area contributed by atoms with Crippen LogP contribution in [0.5, 0.6) is 0 Å². The molecule has 0 spiro atoms. The maximum Gasteiger partial charge on any atom is 0.123 e. The van der Waals surface area contributed by atoms with Gasteiger partial charge in [-0.05, 0) is 42.3 Å². The van der Waals surface area contributed by atoms with Crippen molar-refractivity contribution < 1.29 is 4.39 Å². The fourth-order valence-electron chi connectivity index (χ4n) is 1.61. The first kappa shape index (κ1) is 12.5. The maximum absolute atomic E-state index is 13.0. The van der Waals surface area contributed by atoms with Crippen molar-refractivity contribution in [2.45, 2.75) is 6.42 Å². The second-order valence-electron chi connectivity index (χ2n) is 3.31. The average Bonchev–Trinajstić information content (AvgIpc) is 2.23. The van der Waals surface area contributed by atoms with E-state index in [1.807, 2.05) is 0 Å². The molecule has 0 aromatic heterocycles. The van der Waals surface area contributed by atoms with Crippen molar-refractivity contribution in [1.29, 1.82) is 0 Å². The molecular formula is C11H12Cl2FN. The highest BCUT2D eigenvalue weighted by molar-refractivity contribution is 6.32. The van der Waals surface area contributed by atoms with E-state index in [2.05, 4.69) is 11.4 Å². The van der Waals surface area contributed by atoms with Crippen LogP contribution in [-0.4, -0.2) is 13.1 Å². The van der Waals surface area contributed by atoms with Crippen LogP contribution >= 0.6 is 24.0 Å². The molecular weight excluding hydrogens is 236 g/mol. The van der Waals surface area contributed by atoms with E-state index >= 15 is 0 Å². The summed E-state index contributed by atoms with van der Waals surface area (Å²) < 4.78 is 13.0. The molecule has 0 fully saturated rings. The quantitative estimate of drug-likeness (QED) is 0.804. The van der Waals surface area contributed by atoms with Crippen LogP contribution in [0.15, 0.2) is 24.3 Å². The summed E-state index contributed by atoms with van der Waals surface area (Å²) in [6.07, 6.45) is 2.97. The lowest BCUT2D eigenvalue weighted by molar-refractivity contribution is 0.627. The predicted octanol–water partition coefficient (Wildman–Crippen LogP) is 3.28. The monoisotopic (exact) mass is 247 g/mol. The molecule has 1 aromatic rings. The molecule has 0 saturated carbocycles. The number of halogens is 3. The normalized spacial score (nSPS) is 15.5. The number of rotatable bonds is 1. The van der Waals surface area contributed by atoms with E-state index in [1.165, 1.54) is 12.1 Å². The van der Waals surface area contributed by atoms with E-state index in [9.17, 15) is 4.39 Å². The third-order valence-corrected chi connectivity index (χ3v) is 2.67. The molecule has 0 bridgehead atoms. The second-order valence-corrected chi connectivity index (χ2v) is 3.71. The van der Waals surface area contributed by atoms with Gasteiger partial charge < -0.3 is 5.32 Å². The first-order valence-corrected chi connectivity index (χ1v) is 5.00. The summed E-state index contributed by atoms with van der Waals surface area (Å²) >= 11 is 6.00. The molecule has 1 aliphatic rings. The average molecular weight is 248 g/mol. The minimum Gasteiger partial charge on any atom is -0.313 e. The van der Waals surface area contributed by atoms with Crippen LogP contribution < -0.4 is 5.32 Å². The lowest BCUT2D eigenvalue weighted by Crippen LogP contribution is -2.20. The van der Waals surface area contributed by atoms with E-state index in [0.717, 1.165) is 30.6 Å². The minimum atomic E-state index is -0.233. The Hall–Kier alpha value is -0.570. The molecule has 1 heterocycles. The van der Waals surface area contributed by atoms with Crippen molar-refractivity contribution >= 4 is 29.6 Å². The third kappa shape index (κ3) is 2.94. The van der Waals surface area contributed by atoms with Gasteiger partial charge in [0, 0.05) is 11.6 Å². The van der Waals surface area contributed by atoms with Crippen LogP contribution in [0.3, 0.4) is 0 Å². The lowest BCUT2D eigenvalue weighted by atomic mass is 10.0. The fourth-order valence-corrected chi connectivity index (χ4v) is 1.85. The topological polar surface area (TPSA) is 12.0 Å². The Morgan fingerprint density at radius 3 is 2.80 bits per heavy atom. The van der Waals surface area contributed by atoms with Crippen LogP contribution in [-0.2, 0) is 0 Å². The summed E-state index contributed by atoms with van der Waals surface area (Å²) in [5.74, 6) is -0.233. The molecule has 0 aliphatic carbocycles. The van der Waals surface area contributed by atoms with Gasteiger partial charge in [0.25, 0.3) is 0 Å². The molecule has 4 heteroatoms. The number of nitrogens with one attached hydrogen (secondary N) is 1. The molecule has 1 N–H and O–H groups in total. The van der Waals surface area contributed by atoms with Gasteiger partial charge in [-0.3, -0.25) is 0 Å². The Morgan fingerprint density at radius 1 is 1.33 bits per heavy atom. The molecule has 82 valence electrons. The van der Waals surface area contributed by atoms with Crippen molar-refractivity contribution in [3.8, 4) is 0 Å². The maximum atomic E-state index is 13.0. The summed E-state index contributed by atoms with van der Waals surface area (Å²) in [5, 5.41) is 3.83. The van der Waals surface area contributed by atoms with Gasteiger partial charge in [-0.15, -0.1) is 12.4 Å². The summed E-state index contributed by atoms with van der Waals surface area (Å²) in [5.41, 5.74) is 1.96. The fraction of sp³-hybridized carbons (Fsp3) is 0.273. The summed E-state index contributed by atoms with van der Waals surface area (Å²) in [6, 6.07) is 4.49. The Morgan fingerprint density at radius 2 is 2.13 bits per heavy atom. The zero-order valence-corrected chi connectivity index (χ0v) is 9.67. The van der Waals surface area contributed by atoms with E-state index in [-0.39, 0.29) is 18.2 Å². The highest BCUT2D eigenvalue weighted by Gasteiger charge is 2.09. The minimum absolute atomic E-state index is 0. The summed E-state index contributed by atoms with van der Waals surface area (Å²) in [4.78, 5) is 0. The standard InChI is InChI=1S/C11H11ClFN.ClH/c12-11-2-1-9(13)7-10(11)8-3-5-14-6-4-8;/h1-3,7,14H,4-6H2;1H. The molecule has 0 unspecified atom stereocenters. The van der Waals surface area contributed by atoms with Gasteiger partial charge in [0.1, 0.15) is 5.82 Å². The molecule has 2 rings (SSSR count). The molecule has 0 saturated heterocycles. The molecule has 1 aliphatic heterocycles. The van der Waals surface area contributed by atoms with Crippen LogP contribution in [0.1, 0.15) is 12.0 Å². The van der Waals surface area contributed by atoms with Crippen molar-refractivity contribution in [2.75, 3.05) is 13.1 Å². The first-order valence-electron chi connectivity index (χ1n) is 4.62. The number of hydrogen-bond acceptors (Lipinski definition) is 1. The Bertz CT molecular complexity index is 377. The largest absolute Gasteiger partial charge is 0.313 e. The Kier molecular flexibility index (Phi) is 4.58. The van der Waals surface area contributed by atoms with Crippen molar-refractivity contribution in [3.63, 3.8) is 0 Å². The van der Waals surface area contributed by atoms with Crippen LogP contribution in [0.25, 0.3) is 5.57 Å². The van der Waals surface area contributed by atoms with Gasteiger partial charge in [-0.2, -0.15) is 0 Å². The van der Waals surface area contributed by atoms with Crippen LogP contribution in [0, 0.1) is 5.82 Å². The van der Waals surface area contributed by atoms with Crippen molar-refractivity contribution in [3.05, 3.63) is 40.7 Å². The summed E-state index contributed by atoms with van der Waals surface area (Å²) in [6.45, 7) is 1.76. The van der Waals surface area contributed by atoms with Gasteiger partial charge in [-0.1, -0.05) is 17.7 Å². The molecule has 1 nitrogen and oxygen atoms in total. The number of benzene rings is 1. The second kappa shape index (κ2) is 5.50. The van der Waals surface area contributed by atoms with Gasteiger partial charge in [0.05, 0.1) is 0 Å². The Balaban J connectivity index is 0.00000112. The molecule has 1 aromatic carbocycles. The van der Waals surface area contributed by atoms with Crippen LogP contribution in [0.4, 0.5) is 4.39 Å². The highest BCUT2D eigenvalue weighted by Crippen LogP contribution is 2.27. The molecule has 0 radical (unpaired) electrons. The predicted molar refractivity (Wildman–Crippen MR) is 64.1 cm³/mol. The zero-order chi connectivity index (χ0) is 9.97. The Labute approximate surface area is 99.7 Å². The zero-order valence-electron chi connectivity index (χ0n) is 8.09. The SMILES string of the molecule is Cl.Fc1ccc(Cl)c(C2=CCNCC2)c1. The van der Waals surface area contributed by atoms with Gasteiger partial charge in [0.2, 0.25) is 0 Å². The van der Waals surface area contributed by atoms with E-state index in [1.54, 1.807) is 6.07 Å². The van der Waals surface area contributed by atoms with Crippen LogP contribution in [0.2, 0.25) is 5.02 Å². The molecule has 0 atom stereocenters. The van der Waals surface area contributed by atoms with E-state index in [0.29, 0.717) is 5.02 Å². The molecule has 0 amide bonds. The van der Waals surface area contributed by atoms with Gasteiger partial charge in [0.15, 0.2) is 0 Å². The molecule has 15 heavy (non-hydrogen) atoms. The van der Waals surface area contributed by atoms with Gasteiger partial charge >= 0.3 is 0 Å². The van der Waals surface area contributed by atoms with E-state index < -0.39 is 0 Å². The lowest BCUT2D eigenvalue weighted by Gasteiger charge is -2.15. The first-order chi connectivity index (χ1) is 6.77.